The van der Waals surface area contributed by atoms with Gasteiger partial charge in [-0.05, 0) is 129 Å². The van der Waals surface area contributed by atoms with Crippen molar-refractivity contribution in [1.29, 1.82) is 0 Å². The van der Waals surface area contributed by atoms with E-state index in [1.807, 2.05) is 37.3 Å². The number of halogens is 2. The Hall–Kier alpha value is -3.34. The number of carbonyl (C=O) groups is 2. The lowest BCUT2D eigenvalue weighted by Gasteiger charge is -2.46. The van der Waals surface area contributed by atoms with Gasteiger partial charge in [-0.3, -0.25) is 4.79 Å². The lowest BCUT2D eigenvalue weighted by Crippen LogP contribution is -2.50. The number of hydrogen-bond acceptors (Lipinski definition) is 7. The zero-order valence-corrected chi connectivity index (χ0v) is 31.4. The van der Waals surface area contributed by atoms with E-state index in [4.69, 9.17) is 21.1 Å². The molecule has 50 heavy (non-hydrogen) atoms. The van der Waals surface area contributed by atoms with Gasteiger partial charge in [0, 0.05) is 39.5 Å². The summed E-state index contributed by atoms with van der Waals surface area (Å²) in [4.78, 5) is 29.3. The number of aryl methyl sites for hydroxylation is 1. The van der Waals surface area contributed by atoms with Gasteiger partial charge in [0.05, 0.1) is 23.1 Å². The van der Waals surface area contributed by atoms with Crippen LogP contribution in [0.2, 0.25) is 5.02 Å². The fourth-order valence-corrected chi connectivity index (χ4v) is 9.79. The molecular formula is C39H42BrClN2O6S. The number of benzene rings is 3. The number of esters is 1. The van der Waals surface area contributed by atoms with Crippen molar-refractivity contribution in [3.05, 3.63) is 105 Å². The normalized spacial score (nSPS) is 29.6. The average Bonchev–Trinajstić information content (AvgIpc) is 3.22. The quantitative estimate of drug-likeness (QED) is 0.209. The number of ether oxygens (including phenoxy) is 2. The minimum atomic E-state index is -4.00. The van der Waals surface area contributed by atoms with E-state index in [9.17, 15) is 18.0 Å². The number of allylic oxidation sites excluding steroid dienone is 1. The molecule has 0 radical (unpaired) electrons. The van der Waals surface area contributed by atoms with Crippen molar-refractivity contribution in [1.82, 2.24) is 4.72 Å². The molecule has 2 heterocycles. The zero-order valence-electron chi connectivity index (χ0n) is 28.2. The van der Waals surface area contributed by atoms with Crippen molar-refractivity contribution in [2.24, 2.45) is 17.8 Å². The predicted octanol–water partition coefficient (Wildman–Crippen LogP) is 7.87. The molecule has 7 rings (SSSR count). The first-order valence-electron chi connectivity index (χ1n) is 17.4. The van der Waals surface area contributed by atoms with Gasteiger partial charge in [0.2, 0.25) is 10.0 Å². The summed E-state index contributed by atoms with van der Waals surface area (Å²) in [5, 5.41) is -0.128. The Morgan fingerprint density at radius 1 is 1.08 bits per heavy atom. The first-order valence-corrected chi connectivity index (χ1v) is 20.1. The second-order valence-corrected chi connectivity index (χ2v) is 17.9. The maximum atomic E-state index is 13.5. The van der Waals surface area contributed by atoms with E-state index in [0.717, 1.165) is 42.3 Å². The number of nitrogens with one attached hydrogen (secondary N) is 1. The van der Waals surface area contributed by atoms with Crippen molar-refractivity contribution in [2.45, 2.75) is 69.1 Å². The Balaban J connectivity index is 1.28. The van der Waals surface area contributed by atoms with E-state index < -0.39 is 33.3 Å². The standard InChI is InChI=1S/C39H42BrClN2O6S/c1-24-5-3-7-35(49-38(45)26-8-12-30(40)13-9-26)32-15-10-29(32)21-43-22-39(18-4-6-27-19-31(41)14-16-33(27)39)23-48-36-17-11-28(20-34(36)43)37(44)42-50(46,47)25(24)2/h3,7-9,11-14,16-17,19-20,24-25,29,32,35H,4-6,10,15,18,21-23H2,1-2H3,(H,42,44)/b7-3+/t24?,25?,29?,32?,35-,39-/m0/s1. The first-order chi connectivity index (χ1) is 23.9. The Bertz CT molecular complexity index is 1930. The highest BCUT2D eigenvalue weighted by molar-refractivity contribution is 9.10. The van der Waals surface area contributed by atoms with Crippen molar-refractivity contribution in [3.8, 4) is 5.75 Å². The molecule has 4 unspecified atom stereocenters. The fourth-order valence-electron chi connectivity index (χ4n) is 8.05. The van der Waals surface area contributed by atoms with Gasteiger partial charge >= 0.3 is 5.97 Å². The Kier molecular flexibility index (Phi) is 9.82. The van der Waals surface area contributed by atoms with Crippen molar-refractivity contribution in [3.63, 3.8) is 0 Å². The number of anilines is 1. The monoisotopic (exact) mass is 780 g/mol. The number of fused-ring (bicyclic) bond motifs is 4. The third-order valence-corrected chi connectivity index (χ3v) is 14.0. The molecule has 4 aliphatic rings. The highest BCUT2D eigenvalue weighted by Crippen LogP contribution is 2.47. The van der Waals surface area contributed by atoms with Crippen LogP contribution in [0.3, 0.4) is 0 Å². The molecule has 1 N–H and O–H groups in total. The van der Waals surface area contributed by atoms with Crippen LogP contribution in [0, 0.1) is 17.8 Å². The van der Waals surface area contributed by atoms with E-state index in [1.54, 1.807) is 37.3 Å². The van der Waals surface area contributed by atoms with Crippen LogP contribution in [0.1, 0.15) is 77.8 Å². The Labute approximate surface area is 307 Å². The minimum Gasteiger partial charge on any atom is -0.490 e. The van der Waals surface area contributed by atoms with Gasteiger partial charge in [-0.15, -0.1) is 0 Å². The van der Waals surface area contributed by atoms with E-state index in [2.05, 4.69) is 37.7 Å². The Morgan fingerprint density at radius 2 is 1.88 bits per heavy atom. The van der Waals surface area contributed by atoms with Crippen molar-refractivity contribution >= 4 is 55.1 Å². The molecule has 1 saturated carbocycles. The van der Waals surface area contributed by atoms with Crippen LogP contribution in [0.4, 0.5) is 5.69 Å². The third kappa shape index (κ3) is 6.95. The van der Waals surface area contributed by atoms with Gasteiger partial charge in [0.1, 0.15) is 11.9 Å². The first kappa shape index (κ1) is 35.1. The highest BCUT2D eigenvalue weighted by atomic mass is 79.9. The number of hydrogen-bond donors (Lipinski definition) is 1. The molecule has 8 nitrogen and oxygen atoms in total. The minimum absolute atomic E-state index is 0.0579. The Morgan fingerprint density at radius 3 is 2.64 bits per heavy atom. The third-order valence-electron chi connectivity index (χ3n) is 11.3. The molecule has 3 aromatic rings. The molecule has 1 amide bonds. The number of sulfonamides is 1. The molecule has 2 bridgehead atoms. The number of amides is 1. The molecule has 11 heteroatoms. The van der Waals surface area contributed by atoms with Crippen LogP contribution in [-0.4, -0.2) is 51.3 Å². The van der Waals surface area contributed by atoms with Gasteiger partial charge in [0.15, 0.2) is 0 Å². The van der Waals surface area contributed by atoms with Crippen LogP contribution in [-0.2, 0) is 26.6 Å². The number of rotatable bonds is 2. The van der Waals surface area contributed by atoms with Crippen molar-refractivity contribution < 1.29 is 27.5 Å². The maximum Gasteiger partial charge on any atom is 0.338 e. The topological polar surface area (TPSA) is 102 Å². The van der Waals surface area contributed by atoms with Crippen LogP contribution >= 0.6 is 27.5 Å². The van der Waals surface area contributed by atoms with Crippen LogP contribution in [0.25, 0.3) is 0 Å². The summed E-state index contributed by atoms with van der Waals surface area (Å²) in [6, 6.07) is 18.5. The lowest BCUT2D eigenvalue weighted by atomic mass is 9.68. The molecule has 0 saturated heterocycles. The summed E-state index contributed by atoms with van der Waals surface area (Å²) in [7, 11) is -4.00. The van der Waals surface area contributed by atoms with E-state index in [1.165, 1.54) is 11.1 Å². The molecule has 1 fully saturated rings. The van der Waals surface area contributed by atoms with Gasteiger partial charge in [-0.2, -0.15) is 0 Å². The molecule has 2 aliphatic heterocycles. The largest absolute Gasteiger partial charge is 0.490 e. The molecule has 2 aliphatic carbocycles. The van der Waals surface area contributed by atoms with Crippen molar-refractivity contribution in [2.75, 3.05) is 24.6 Å². The maximum absolute atomic E-state index is 13.5. The second kappa shape index (κ2) is 14.0. The summed E-state index contributed by atoms with van der Waals surface area (Å²) in [5.41, 5.74) is 3.62. The summed E-state index contributed by atoms with van der Waals surface area (Å²) in [5.74, 6) is -0.450. The summed E-state index contributed by atoms with van der Waals surface area (Å²) in [6.45, 7) is 5.23. The van der Waals surface area contributed by atoms with Crippen LogP contribution < -0.4 is 14.4 Å². The number of nitrogens with zero attached hydrogens (tertiary/aromatic N) is 1. The SMILES string of the molecule is CC1C/C=C/[C@H](OC(=O)c2ccc(Br)cc2)C2CCC2CN2C[C@@]3(CCCc4cc(Cl)ccc43)COc3ccc(cc32)C(=O)NS(=O)(=O)C1C. The lowest BCUT2D eigenvalue weighted by molar-refractivity contribution is -0.00207. The average molecular weight is 782 g/mol. The molecule has 3 aromatic carbocycles. The molecular weight excluding hydrogens is 740 g/mol. The zero-order chi connectivity index (χ0) is 35.2. The van der Waals surface area contributed by atoms with E-state index >= 15 is 0 Å². The fraction of sp³-hybridized carbons (Fsp3) is 0.436. The summed E-state index contributed by atoms with van der Waals surface area (Å²) in [6.07, 6.45) is 8.54. The van der Waals surface area contributed by atoms with Gasteiger partial charge in [0.25, 0.3) is 5.91 Å². The molecule has 0 aromatic heterocycles. The van der Waals surface area contributed by atoms with Gasteiger partial charge in [-0.1, -0.05) is 46.6 Å². The van der Waals surface area contributed by atoms with E-state index in [-0.39, 0.29) is 28.7 Å². The van der Waals surface area contributed by atoms with Gasteiger partial charge < -0.3 is 14.4 Å². The number of carbonyl (C=O) groups excluding carboxylic acids is 2. The molecule has 264 valence electrons. The van der Waals surface area contributed by atoms with Crippen LogP contribution in [0.15, 0.2) is 77.3 Å². The summed E-state index contributed by atoms with van der Waals surface area (Å²) < 4.78 is 42.9. The second-order valence-electron chi connectivity index (χ2n) is 14.5. The molecule has 6 atom stereocenters. The van der Waals surface area contributed by atoms with Crippen LogP contribution in [0.5, 0.6) is 5.75 Å². The highest BCUT2D eigenvalue weighted by Gasteiger charge is 2.45. The van der Waals surface area contributed by atoms with E-state index in [0.29, 0.717) is 42.5 Å². The molecule has 1 spiro atoms. The predicted molar refractivity (Wildman–Crippen MR) is 199 cm³/mol. The smallest absolute Gasteiger partial charge is 0.338 e. The van der Waals surface area contributed by atoms with Gasteiger partial charge in [-0.25, -0.2) is 17.9 Å². The summed E-state index contributed by atoms with van der Waals surface area (Å²) >= 11 is 9.88.